The first-order chi connectivity index (χ1) is 16.4. The van der Waals surface area contributed by atoms with Crippen LogP contribution in [0.4, 0.5) is 10.5 Å². The van der Waals surface area contributed by atoms with Crippen molar-refractivity contribution in [3.8, 4) is 11.3 Å². The van der Waals surface area contributed by atoms with Gasteiger partial charge in [-0.1, -0.05) is 36.4 Å². The molecule has 35 heavy (non-hydrogen) atoms. The molecule has 186 valence electrons. The van der Waals surface area contributed by atoms with Gasteiger partial charge in [-0.25, -0.2) is 23.2 Å². The first-order valence-electron chi connectivity index (χ1n) is 11.4. The molecule has 0 spiro atoms. The fourth-order valence-electron chi connectivity index (χ4n) is 4.23. The number of sulfonamides is 1. The number of nitrogens with zero attached hydrogens (tertiary/aromatic N) is 3. The van der Waals surface area contributed by atoms with Crippen molar-refractivity contribution in [3.63, 3.8) is 0 Å². The Morgan fingerprint density at radius 1 is 1.26 bits per heavy atom. The second-order valence-corrected chi connectivity index (χ2v) is 12.5. The Labute approximate surface area is 211 Å². The molecule has 2 heterocycles. The molecule has 2 unspecified atom stereocenters. The third-order valence-electron chi connectivity index (χ3n) is 6.01. The zero-order valence-electron chi connectivity index (χ0n) is 20.2. The number of alkyl carbamates (subject to hydrolysis) is 1. The number of halogens is 1. The molecular formula is C25H29ClN4O4S. The number of fused-ring (bicyclic) bond motifs is 1. The van der Waals surface area contributed by atoms with Crippen molar-refractivity contribution < 1.29 is 17.9 Å². The smallest absolute Gasteiger partial charge is 0.408 e. The third-order valence-corrected chi connectivity index (χ3v) is 8.63. The van der Waals surface area contributed by atoms with Gasteiger partial charge in [0.25, 0.3) is 0 Å². The minimum atomic E-state index is -3.79. The van der Waals surface area contributed by atoms with Crippen LogP contribution in [0.1, 0.15) is 52.1 Å². The van der Waals surface area contributed by atoms with Gasteiger partial charge in [0.15, 0.2) is 0 Å². The Hall–Kier alpha value is -2.91. The summed E-state index contributed by atoms with van der Waals surface area (Å²) in [6.45, 7) is 7.31. The monoisotopic (exact) mass is 516 g/mol. The lowest BCUT2D eigenvalue weighted by molar-refractivity contribution is 0.0501. The number of anilines is 1. The van der Waals surface area contributed by atoms with E-state index in [0.29, 0.717) is 35.3 Å². The van der Waals surface area contributed by atoms with Crippen LogP contribution in [0.2, 0.25) is 5.28 Å². The second kappa shape index (κ2) is 9.28. The fourth-order valence-corrected chi connectivity index (χ4v) is 6.20. The molecule has 1 amide bonds. The third kappa shape index (κ3) is 5.21. The number of aromatic nitrogens is 2. The highest BCUT2D eigenvalue weighted by Crippen LogP contribution is 2.42. The maximum absolute atomic E-state index is 13.9. The van der Waals surface area contributed by atoms with Gasteiger partial charge in [0.05, 0.1) is 17.4 Å². The molecule has 1 aromatic heterocycles. The molecule has 0 saturated carbocycles. The molecule has 1 aliphatic carbocycles. The van der Waals surface area contributed by atoms with E-state index >= 15 is 0 Å². The summed E-state index contributed by atoms with van der Waals surface area (Å²) < 4.78 is 33.7. The van der Waals surface area contributed by atoms with E-state index in [9.17, 15) is 13.2 Å². The van der Waals surface area contributed by atoms with Crippen molar-refractivity contribution in [2.45, 2.75) is 56.9 Å². The molecule has 0 saturated heterocycles. The molecule has 1 N–H and O–H groups in total. The van der Waals surface area contributed by atoms with E-state index in [0.717, 1.165) is 0 Å². The summed E-state index contributed by atoms with van der Waals surface area (Å²) >= 11 is 5.99. The van der Waals surface area contributed by atoms with Gasteiger partial charge in [-0.2, -0.15) is 0 Å². The van der Waals surface area contributed by atoms with Gasteiger partial charge in [0.1, 0.15) is 10.3 Å². The lowest BCUT2D eigenvalue weighted by Gasteiger charge is -2.40. The molecular weight excluding hydrogens is 488 g/mol. The SMILES string of the molecule is CC(C)(C)OC(=O)NC1CCN(S(=O)(=O)C2(C)C=CC=CC2)c2cc(-c3ccnc(Cl)n3)ccc21. The molecule has 0 bridgehead atoms. The van der Waals surface area contributed by atoms with Crippen LogP contribution in [0.25, 0.3) is 11.3 Å². The van der Waals surface area contributed by atoms with Gasteiger partial charge in [-0.15, -0.1) is 0 Å². The van der Waals surface area contributed by atoms with E-state index in [-0.39, 0.29) is 11.8 Å². The summed E-state index contributed by atoms with van der Waals surface area (Å²) in [5.74, 6) is 0. The predicted molar refractivity (Wildman–Crippen MR) is 137 cm³/mol. The topological polar surface area (TPSA) is 101 Å². The van der Waals surface area contributed by atoms with Crippen LogP contribution in [0.3, 0.4) is 0 Å². The van der Waals surface area contributed by atoms with Gasteiger partial charge in [-0.05, 0) is 69.8 Å². The highest BCUT2D eigenvalue weighted by Gasteiger charge is 2.44. The number of carbonyl (C=O) groups is 1. The number of nitrogens with one attached hydrogen (secondary N) is 1. The maximum atomic E-state index is 13.9. The summed E-state index contributed by atoms with van der Waals surface area (Å²) in [5, 5.41) is 3.00. The Balaban J connectivity index is 1.77. The van der Waals surface area contributed by atoms with Crippen LogP contribution in [0, 0.1) is 0 Å². The summed E-state index contributed by atoms with van der Waals surface area (Å²) in [7, 11) is -3.79. The van der Waals surface area contributed by atoms with Crippen molar-refractivity contribution in [2.75, 3.05) is 10.8 Å². The largest absolute Gasteiger partial charge is 0.444 e. The van der Waals surface area contributed by atoms with E-state index in [2.05, 4.69) is 15.3 Å². The van der Waals surface area contributed by atoms with E-state index in [1.807, 2.05) is 24.3 Å². The van der Waals surface area contributed by atoms with Crippen LogP contribution >= 0.6 is 11.6 Å². The molecule has 2 aliphatic rings. The normalized spacial score (nSPS) is 22.0. The second-order valence-electron chi connectivity index (χ2n) is 9.85. The first-order valence-corrected chi connectivity index (χ1v) is 13.2. The van der Waals surface area contributed by atoms with Crippen LogP contribution in [0.5, 0.6) is 0 Å². The molecule has 1 aliphatic heterocycles. The van der Waals surface area contributed by atoms with E-state index in [1.54, 1.807) is 58.2 Å². The van der Waals surface area contributed by atoms with Crippen LogP contribution in [0.15, 0.2) is 54.8 Å². The molecule has 2 atom stereocenters. The molecule has 0 radical (unpaired) electrons. The van der Waals surface area contributed by atoms with Gasteiger partial charge in [-0.3, -0.25) is 4.31 Å². The first kappa shape index (κ1) is 25.2. The zero-order chi connectivity index (χ0) is 25.4. The van der Waals surface area contributed by atoms with Crippen molar-refractivity contribution in [1.29, 1.82) is 0 Å². The molecule has 10 heteroatoms. The Morgan fingerprint density at radius 3 is 2.69 bits per heavy atom. The van der Waals surface area contributed by atoms with Crippen LogP contribution < -0.4 is 9.62 Å². The quantitative estimate of drug-likeness (QED) is 0.562. The number of hydrogen-bond acceptors (Lipinski definition) is 6. The van der Waals surface area contributed by atoms with Gasteiger partial charge >= 0.3 is 6.09 Å². The summed E-state index contributed by atoms with van der Waals surface area (Å²) in [6, 6.07) is 6.73. The van der Waals surface area contributed by atoms with Crippen molar-refractivity contribution in [2.24, 2.45) is 0 Å². The molecule has 4 rings (SSSR count). The van der Waals surface area contributed by atoms with Gasteiger partial charge in [0, 0.05) is 18.3 Å². The summed E-state index contributed by atoms with van der Waals surface area (Å²) in [4.78, 5) is 20.7. The van der Waals surface area contributed by atoms with Crippen LogP contribution in [-0.2, 0) is 14.8 Å². The highest BCUT2D eigenvalue weighted by atomic mass is 35.5. The molecule has 0 fully saturated rings. The average Bonchev–Trinajstić information content (AvgIpc) is 2.78. The standard InChI is InChI=1S/C25H29ClN4O4S/c1-24(2,3)34-23(31)29-20-11-15-30(35(32,33)25(4)12-6-5-7-13-25)21-16-17(8-9-18(20)21)19-10-14-27-22(26)28-19/h5-10,12,14,16,20H,11,13,15H2,1-4H3,(H,29,31). The van der Waals surface area contributed by atoms with Gasteiger partial charge < -0.3 is 10.1 Å². The van der Waals surface area contributed by atoms with E-state index in [4.69, 9.17) is 16.3 Å². The molecule has 8 nitrogen and oxygen atoms in total. The average molecular weight is 517 g/mol. The number of carbonyl (C=O) groups excluding carboxylic acids is 1. The Kier molecular flexibility index (Phi) is 6.68. The van der Waals surface area contributed by atoms with Crippen molar-refractivity contribution in [3.05, 3.63) is 65.6 Å². The predicted octanol–water partition coefficient (Wildman–Crippen LogP) is 5.18. The zero-order valence-corrected chi connectivity index (χ0v) is 21.7. The highest BCUT2D eigenvalue weighted by molar-refractivity contribution is 7.94. The summed E-state index contributed by atoms with van der Waals surface area (Å²) in [5.41, 5.74) is 1.79. The van der Waals surface area contributed by atoms with Crippen molar-refractivity contribution >= 4 is 33.4 Å². The van der Waals surface area contributed by atoms with Crippen LogP contribution in [-0.4, -0.2) is 41.4 Å². The number of ether oxygens (including phenoxy) is 1. The summed E-state index contributed by atoms with van der Waals surface area (Å²) in [6.07, 6.45) is 8.96. The minimum Gasteiger partial charge on any atom is -0.444 e. The minimum absolute atomic E-state index is 0.0980. The van der Waals surface area contributed by atoms with Crippen molar-refractivity contribution in [1.82, 2.24) is 15.3 Å². The molecule has 1 aromatic carbocycles. The number of rotatable bonds is 4. The number of benzene rings is 1. The number of hydrogen-bond donors (Lipinski definition) is 1. The number of amides is 1. The maximum Gasteiger partial charge on any atom is 0.408 e. The lowest BCUT2D eigenvalue weighted by atomic mass is 9.95. The Bertz CT molecular complexity index is 1300. The molecule has 2 aromatic rings. The van der Waals surface area contributed by atoms with Gasteiger partial charge in [0.2, 0.25) is 15.3 Å². The Morgan fingerprint density at radius 2 is 2.03 bits per heavy atom. The van der Waals surface area contributed by atoms with E-state index < -0.39 is 32.5 Å². The fraction of sp³-hybridized carbons (Fsp3) is 0.400. The number of allylic oxidation sites excluding steroid dienone is 3. The van der Waals surface area contributed by atoms with E-state index in [1.165, 1.54) is 4.31 Å². The lowest BCUT2D eigenvalue weighted by Crippen LogP contribution is -2.49.